The Morgan fingerprint density at radius 1 is 1.52 bits per heavy atom. The van der Waals surface area contributed by atoms with Gasteiger partial charge in [-0.3, -0.25) is 4.90 Å². The third kappa shape index (κ3) is 1.81. The van der Waals surface area contributed by atoms with Crippen molar-refractivity contribution in [1.82, 2.24) is 10.2 Å². The second-order valence-corrected chi connectivity index (χ2v) is 6.30. The quantitative estimate of drug-likeness (QED) is 0.576. The molecule has 4 rings (SSSR count). The fourth-order valence-corrected chi connectivity index (χ4v) is 4.40. The van der Waals surface area contributed by atoms with Crippen molar-refractivity contribution in [1.29, 1.82) is 0 Å². The summed E-state index contributed by atoms with van der Waals surface area (Å²) in [5.74, 6) is 6.17. The molecule has 21 heavy (non-hydrogen) atoms. The number of carbonyl (C=O) groups excluding carboxylic acids is 1. The fourth-order valence-electron chi connectivity index (χ4n) is 4.40. The molecule has 0 aromatic rings. The lowest BCUT2D eigenvalue weighted by Crippen LogP contribution is -2.48. The van der Waals surface area contributed by atoms with Gasteiger partial charge < -0.3 is 10.1 Å². The lowest BCUT2D eigenvalue weighted by Gasteiger charge is -2.38. The van der Waals surface area contributed by atoms with Crippen LogP contribution in [-0.4, -0.2) is 48.7 Å². The third-order valence-corrected chi connectivity index (χ3v) is 5.16. The standard InChI is InChI=1S/C17H20N2O2/c1-18-7-4-5-12-9-13-11-17(14(12)10-16(20)21-17)15-6-2-3-8-19(13)15/h9-10,13,15,18H,2-3,6-8,11H2,1H3/t13-,15?,17+/m1/s1. The normalized spacial score (nSPS) is 36.9. The third-order valence-electron chi connectivity index (χ3n) is 5.16. The van der Waals surface area contributed by atoms with E-state index in [4.69, 9.17) is 4.74 Å². The number of fused-ring (bicyclic) bond motifs is 3. The molecule has 4 aliphatic rings. The zero-order valence-corrected chi connectivity index (χ0v) is 12.3. The molecule has 0 aromatic heterocycles. The van der Waals surface area contributed by atoms with Crippen LogP contribution < -0.4 is 5.32 Å². The molecule has 3 atom stereocenters. The maximum atomic E-state index is 11.9. The van der Waals surface area contributed by atoms with E-state index in [0.29, 0.717) is 18.6 Å². The summed E-state index contributed by atoms with van der Waals surface area (Å²) >= 11 is 0. The Bertz CT molecular complexity index is 610. The Morgan fingerprint density at radius 3 is 3.29 bits per heavy atom. The Morgan fingerprint density at radius 2 is 2.43 bits per heavy atom. The average molecular weight is 284 g/mol. The fraction of sp³-hybridized carbons (Fsp3) is 0.588. The topological polar surface area (TPSA) is 41.6 Å². The van der Waals surface area contributed by atoms with E-state index < -0.39 is 5.60 Å². The van der Waals surface area contributed by atoms with Crippen LogP contribution in [0.4, 0.5) is 0 Å². The van der Waals surface area contributed by atoms with Gasteiger partial charge in [0.15, 0.2) is 5.60 Å². The molecular formula is C17H20N2O2. The molecule has 3 heterocycles. The van der Waals surface area contributed by atoms with Crippen molar-refractivity contribution < 1.29 is 9.53 Å². The number of piperidine rings is 1. The maximum absolute atomic E-state index is 11.9. The first-order valence-corrected chi connectivity index (χ1v) is 7.81. The zero-order valence-electron chi connectivity index (χ0n) is 12.3. The van der Waals surface area contributed by atoms with Gasteiger partial charge in [-0.05, 0) is 26.4 Å². The molecule has 0 radical (unpaired) electrons. The SMILES string of the molecule is CNCC#CC1=C[C@@H]2C[C@@]3(OC(=O)C=C13)C1CCCCN12. The van der Waals surface area contributed by atoms with Gasteiger partial charge >= 0.3 is 5.97 Å². The number of nitrogens with zero attached hydrogens (tertiary/aromatic N) is 1. The van der Waals surface area contributed by atoms with Gasteiger partial charge in [0.25, 0.3) is 0 Å². The highest BCUT2D eigenvalue weighted by molar-refractivity contribution is 5.90. The van der Waals surface area contributed by atoms with Gasteiger partial charge in [0.05, 0.1) is 12.6 Å². The van der Waals surface area contributed by atoms with Gasteiger partial charge in [-0.15, -0.1) is 0 Å². The van der Waals surface area contributed by atoms with Crippen molar-refractivity contribution in [2.24, 2.45) is 0 Å². The van der Waals surface area contributed by atoms with E-state index in [1.807, 2.05) is 7.05 Å². The molecule has 0 aromatic carbocycles. The van der Waals surface area contributed by atoms with Gasteiger partial charge in [0.2, 0.25) is 0 Å². The predicted octanol–water partition coefficient (Wildman–Crippen LogP) is 0.998. The number of rotatable bonds is 1. The van der Waals surface area contributed by atoms with E-state index in [0.717, 1.165) is 30.5 Å². The van der Waals surface area contributed by atoms with Crippen LogP contribution >= 0.6 is 0 Å². The largest absolute Gasteiger partial charge is 0.449 e. The number of carbonyl (C=O) groups is 1. The molecule has 1 aliphatic carbocycles. The summed E-state index contributed by atoms with van der Waals surface area (Å²) in [7, 11) is 1.89. The van der Waals surface area contributed by atoms with Crippen LogP contribution in [0.15, 0.2) is 23.3 Å². The first-order valence-electron chi connectivity index (χ1n) is 7.81. The molecule has 1 unspecified atom stereocenters. The monoisotopic (exact) mass is 284 g/mol. The van der Waals surface area contributed by atoms with Crippen molar-refractivity contribution in [2.75, 3.05) is 20.1 Å². The molecule has 4 heteroatoms. The molecule has 2 fully saturated rings. The van der Waals surface area contributed by atoms with Gasteiger partial charge in [-0.1, -0.05) is 24.3 Å². The maximum Gasteiger partial charge on any atom is 0.332 e. The predicted molar refractivity (Wildman–Crippen MR) is 79.4 cm³/mol. The summed E-state index contributed by atoms with van der Waals surface area (Å²) in [4.78, 5) is 14.5. The number of ether oxygens (including phenoxy) is 1. The Balaban J connectivity index is 1.77. The second kappa shape index (κ2) is 4.72. The molecule has 2 saturated heterocycles. The van der Waals surface area contributed by atoms with Crippen molar-refractivity contribution >= 4 is 5.97 Å². The molecule has 1 spiro atoms. The van der Waals surface area contributed by atoms with E-state index in [9.17, 15) is 4.79 Å². The highest BCUT2D eigenvalue weighted by atomic mass is 16.6. The van der Waals surface area contributed by atoms with Crippen LogP contribution in [0.25, 0.3) is 0 Å². The Hall–Kier alpha value is -1.57. The molecule has 0 amide bonds. The summed E-state index contributed by atoms with van der Waals surface area (Å²) in [5, 5.41) is 3.03. The molecule has 4 nitrogen and oxygen atoms in total. The van der Waals surface area contributed by atoms with Crippen molar-refractivity contribution in [3.8, 4) is 11.8 Å². The summed E-state index contributed by atoms with van der Waals surface area (Å²) in [5.41, 5.74) is 1.61. The van der Waals surface area contributed by atoms with E-state index >= 15 is 0 Å². The van der Waals surface area contributed by atoms with Crippen LogP contribution in [-0.2, 0) is 9.53 Å². The summed E-state index contributed by atoms with van der Waals surface area (Å²) < 4.78 is 5.85. The summed E-state index contributed by atoms with van der Waals surface area (Å²) in [6, 6.07) is 0.714. The summed E-state index contributed by atoms with van der Waals surface area (Å²) in [6.07, 6.45) is 8.42. The minimum atomic E-state index is -0.416. The lowest BCUT2D eigenvalue weighted by molar-refractivity contribution is -0.148. The highest BCUT2D eigenvalue weighted by Crippen LogP contribution is 2.53. The second-order valence-electron chi connectivity index (χ2n) is 6.30. The first kappa shape index (κ1) is 13.1. The molecule has 0 saturated carbocycles. The van der Waals surface area contributed by atoms with Crippen molar-refractivity contribution in [3.05, 3.63) is 23.3 Å². The van der Waals surface area contributed by atoms with Gasteiger partial charge in [-0.2, -0.15) is 0 Å². The minimum absolute atomic E-state index is 0.195. The van der Waals surface area contributed by atoms with Crippen LogP contribution in [0.1, 0.15) is 25.7 Å². The smallest absolute Gasteiger partial charge is 0.332 e. The average Bonchev–Trinajstić information content (AvgIpc) is 2.96. The zero-order chi connectivity index (χ0) is 14.4. The molecule has 1 N–H and O–H groups in total. The number of nitrogens with one attached hydrogen (secondary N) is 1. The van der Waals surface area contributed by atoms with Gasteiger partial charge in [0.1, 0.15) is 0 Å². The van der Waals surface area contributed by atoms with Crippen LogP contribution in [0, 0.1) is 11.8 Å². The highest BCUT2D eigenvalue weighted by Gasteiger charge is 2.61. The van der Waals surface area contributed by atoms with Crippen LogP contribution in [0.3, 0.4) is 0 Å². The van der Waals surface area contributed by atoms with E-state index in [2.05, 4.69) is 28.1 Å². The Kier molecular flexibility index (Phi) is 2.95. The first-order chi connectivity index (χ1) is 10.2. The molecule has 110 valence electrons. The molecule has 2 bridgehead atoms. The number of esters is 1. The van der Waals surface area contributed by atoms with Gasteiger partial charge in [-0.25, -0.2) is 4.79 Å². The summed E-state index contributed by atoms with van der Waals surface area (Å²) in [6.45, 7) is 1.76. The van der Waals surface area contributed by atoms with Crippen LogP contribution in [0.5, 0.6) is 0 Å². The lowest BCUT2D eigenvalue weighted by atomic mass is 9.77. The minimum Gasteiger partial charge on any atom is -0.449 e. The van der Waals surface area contributed by atoms with E-state index in [-0.39, 0.29) is 5.97 Å². The van der Waals surface area contributed by atoms with E-state index in [1.54, 1.807) is 6.08 Å². The number of hydrogen-bond acceptors (Lipinski definition) is 4. The van der Waals surface area contributed by atoms with Crippen molar-refractivity contribution in [3.63, 3.8) is 0 Å². The van der Waals surface area contributed by atoms with Crippen molar-refractivity contribution in [2.45, 2.75) is 43.4 Å². The molecule has 3 aliphatic heterocycles. The number of hydrogen-bond donors (Lipinski definition) is 1. The van der Waals surface area contributed by atoms with Gasteiger partial charge in [0, 0.05) is 29.7 Å². The Labute approximate surface area is 125 Å². The van der Waals surface area contributed by atoms with Crippen LogP contribution in [0.2, 0.25) is 0 Å². The molecular weight excluding hydrogens is 264 g/mol. The van der Waals surface area contributed by atoms with E-state index in [1.165, 1.54) is 12.8 Å².